The normalized spacial score (nSPS) is 18.2. The first kappa shape index (κ1) is 12.0. The van der Waals surface area contributed by atoms with Gasteiger partial charge in [0.15, 0.2) is 5.88 Å². The molecule has 0 radical (unpaired) electrons. The Labute approximate surface area is 97.5 Å². The molecule has 1 aliphatic heterocycles. The standard InChI is InChI=1S/C8H7NO6S2/c10-8-6-3-1-2-4-7(6)17(14,15)9(8)5-16(11,12)13/h1-4H,5H2,(H,11,12,13). The minimum Gasteiger partial charge on any atom is -0.284 e. The van der Waals surface area contributed by atoms with Gasteiger partial charge in [-0.3, -0.25) is 9.35 Å². The van der Waals surface area contributed by atoms with Gasteiger partial charge in [-0.25, -0.2) is 12.7 Å². The molecule has 92 valence electrons. The summed E-state index contributed by atoms with van der Waals surface area (Å²) in [4.78, 5) is 11.4. The molecule has 1 aliphatic rings. The number of carbonyl (C=O) groups excluding carboxylic acids is 1. The molecular formula is C8H7NO6S2. The van der Waals surface area contributed by atoms with Crippen LogP contribution in [-0.4, -0.2) is 37.5 Å². The van der Waals surface area contributed by atoms with Gasteiger partial charge in [-0.15, -0.1) is 0 Å². The molecule has 9 heteroatoms. The SMILES string of the molecule is O=C1c2ccccc2S(=O)(=O)N1CS(=O)(=O)O. The van der Waals surface area contributed by atoms with Crippen LogP contribution in [-0.2, 0) is 20.1 Å². The summed E-state index contributed by atoms with van der Waals surface area (Å²) in [6.45, 7) is 0. The van der Waals surface area contributed by atoms with Crippen molar-refractivity contribution in [3.05, 3.63) is 29.8 Å². The molecular weight excluding hydrogens is 270 g/mol. The van der Waals surface area contributed by atoms with Gasteiger partial charge in [0.05, 0.1) is 5.56 Å². The van der Waals surface area contributed by atoms with E-state index in [2.05, 4.69) is 0 Å². The molecule has 0 saturated heterocycles. The van der Waals surface area contributed by atoms with Crippen LogP contribution in [0.1, 0.15) is 10.4 Å². The van der Waals surface area contributed by atoms with E-state index in [1.54, 1.807) is 0 Å². The van der Waals surface area contributed by atoms with Crippen LogP contribution in [0.3, 0.4) is 0 Å². The maximum atomic E-state index is 11.8. The second-order valence-corrected chi connectivity index (χ2v) is 6.62. The van der Waals surface area contributed by atoms with Crippen molar-refractivity contribution in [3.63, 3.8) is 0 Å². The zero-order valence-electron chi connectivity index (χ0n) is 8.27. The first-order valence-electron chi connectivity index (χ1n) is 4.35. The van der Waals surface area contributed by atoms with Crippen molar-refractivity contribution >= 4 is 26.0 Å². The molecule has 0 spiro atoms. The molecule has 0 fully saturated rings. The number of hydrogen-bond donors (Lipinski definition) is 1. The van der Waals surface area contributed by atoms with Gasteiger partial charge in [0, 0.05) is 0 Å². The predicted octanol–water partition coefficient (Wildman–Crippen LogP) is -0.324. The molecule has 2 rings (SSSR count). The summed E-state index contributed by atoms with van der Waals surface area (Å²) in [5.74, 6) is -2.23. The Kier molecular flexibility index (Phi) is 2.49. The predicted molar refractivity (Wildman–Crippen MR) is 56.2 cm³/mol. The highest BCUT2D eigenvalue weighted by atomic mass is 32.2. The van der Waals surface area contributed by atoms with Gasteiger partial charge in [-0.2, -0.15) is 8.42 Å². The average molecular weight is 277 g/mol. The van der Waals surface area contributed by atoms with E-state index in [1.807, 2.05) is 0 Å². The maximum Gasteiger partial charge on any atom is 0.284 e. The smallest absolute Gasteiger partial charge is 0.284 e. The summed E-state index contributed by atoms with van der Waals surface area (Å²) in [6.07, 6.45) is 0. The van der Waals surface area contributed by atoms with E-state index in [0.29, 0.717) is 0 Å². The number of carbonyl (C=O) groups is 1. The number of amides is 1. The molecule has 1 aromatic carbocycles. The Balaban J connectivity index is 2.59. The van der Waals surface area contributed by atoms with E-state index in [0.717, 1.165) is 0 Å². The molecule has 0 aliphatic carbocycles. The van der Waals surface area contributed by atoms with Crippen molar-refractivity contribution in [1.29, 1.82) is 0 Å². The molecule has 0 aromatic heterocycles. The third-order valence-corrected chi connectivity index (χ3v) is 4.73. The van der Waals surface area contributed by atoms with E-state index in [4.69, 9.17) is 4.55 Å². The fourth-order valence-corrected chi connectivity index (χ4v) is 4.11. The highest BCUT2D eigenvalue weighted by Crippen LogP contribution is 2.29. The monoisotopic (exact) mass is 277 g/mol. The van der Waals surface area contributed by atoms with Crippen LogP contribution in [0.5, 0.6) is 0 Å². The molecule has 1 heterocycles. The van der Waals surface area contributed by atoms with Crippen molar-refractivity contribution < 1.29 is 26.2 Å². The van der Waals surface area contributed by atoms with Crippen LogP contribution < -0.4 is 0 Å². The van der Waals surface area contributed by atoms with Crippen molar-refractivity contribution in [2.45, 2.75) is 4.90 Å². The Morgan fingerprint density at radius 2 is 1.82 bits per heavy atom. The molecule has 7 nitrogen and oxygen atoms in total. The molecule has 17 heavy (non-hydrogen) atoms. The number of nitrogens with zero attached hydrogens (tertiary/aromatic N) is 1. The van der Waals surface area contributed by atoms with Crippen molar-refractivity contribution in [2.24, 2.45) is 0 Å². The van der Waals surface area contributed by atoms with Gasteiger partial charge in [0.25, 0.3) is 26.0 Å². The molecule has 0 bridgehead atoms. The molecule has 1 amide bonds. The Morgan fingerprint density at radius 3 is 2.35 bits per heavy atom. The van der Waals surface area contributed by atoms with Crippen LogP contribution >= 0.6 is 0 Å². The number of fused-ring (bicyclic) bond motifs is 1. The van der Waals surface area contributed by atoms with E-state index in [-0.39, 0.29) is 14.8 Å². The van der Waals surface area contributed by atoms with Crippen molar-refractivity contribution in [2.75, 3.05) is 5.88 Å². The van der Waals surface area contributed by atoms with Crippen molar-refractivity contribution in [1.82, 2.24) is 4.31 Å². The minimum atomic E-state index is -4.60. The van der Waals surface area contributed by atoms with E-state index < -0.39 is 31.9 Å². The van der Waals surface area contributed by atoms with Crippen molar-refractivity contribution in [3.8, 4) is 0 Å². The third-order valence-electron chi connectivity index (χ3n) is 2.19. The zero-order valence-corrected chi connectivity index (χ0v) is 9.90. The van der Waals surface area contributed by atoms with Gasteiger partial charge in [-0.1, -0.05) is 12.1 Å². The second-order valence-electron chi connectivity index (χ2n) is 3.37. The van der Waals surface area contributed by atoms with Crippen LogP contribution in [0.25, 0.3) is 0 Å². The number of sulfonamides is 1. The third kappa shape index (κ3) is 1.92. The summed E-state index contributed by atoms with van der Waals surface area (Å²) in [5, 5.41) is 0. The van der Waals surface area contributed by atoms with Crippen LogP contribution in [0.4, 0.5) is 0 Å². The second kappa shape index (κ2) is 3.52. The lowest BCUT2D eigenvalue weighted by atomic mass is 10.2. The fourth-order valence-electron chi connectivity index (χ4n) is 1.51. The summed E-state index contributed by atoms with van der Waals surface area (Å²) < 4.78 is 53.7. The zero-order chi connectivity index (χ0) is 12.8. The lowest BCUT2D eigenvalue weighted by Crippen LogP contribution is -2.34. The highest BCUT2D eigenvalue weighted by molar-refractivity contribution is 7.92. The quantitative estimate of drug-likeness (QED) is 0.742. The number of rotatable bonds is 2. The van der Waals surface area contributed by atoms with Gasteiger partial charge >= 0.3 is 0 Å². The van der Waals surface area contributed by atoms with E-state index >= 15 is 0 Å². The van der Waals surface area contributed by atoms with Crippen LogP contribution in [0.15, 0.2) is 29.2 Å². The summed E-state index contributed by atoms with van der Waals surface area (Å²) in [5.41, 5.74) is -0.101. The number of benzene rings is 1. The molecule has 1 aromatic rings. The summed E-state index contributed by atoms with van der Waals surface area (Å²) >= 11 is 0. The van der Waals surface area contributed by atoms with Gasteiger partial charge in [-0.05, 0) is 12.1 Å². The lowest BCUT2D eigenvalue weighted by molar-refractivity contribution is 0.0883. The minimum absolute atomic E-state index is 0.101. The maximum absolute atomic E-state index is 11.8. The van der Waals surface area contributed by atoms with E-state index in [9.17, 15) is 21.6 Å². The van der Waals surface area contributed by atoms with Crippen LogP contribution in [0.2, 0.25) is 0 Å². The molecule has 0 unspecified atom stereocenters. The lowest BCUT2D eigenvalue weighted by Gasteiger charge is -2.12. The largest absolute Gasteiger partial charge is 0.284 e. The van der Waals surface area contributed by atoms with E-state index in [1.165, 1.54) is 24.3 Å². The van der Waals surface area contributed by atoms with Gasteiger partial charge in [0.1, 0.15) is 4.90 Å². The first-order valence-corrected chi connectivity index (χ1v) is 7.40. The van der Waals surface area contributed by atoms with Gasteiger partial charge in [0.2, 0.25) is 0 Å². The topological polar surface area (TPSA) is 109 Å². The highest BCUT2D eigenvalue weighted by Gasteiger charge is 2.42. The number of hydrogen-bond acceptors (Lipinski definition) is 5. The Bertz CT molecular complexity index is 690. The average Bonchev–Trinajstić information content (AvgIpc) is 2.39. The van der Waals surface area contributed by atoms with Gasteiger partial charge < -0.3 is 0 Å². The molecule has 1 N–H and O–H groups in total. The molecule has 0 saturated carbocycles. The Morgan fingerprint density at radius 1 is 1.24 bits per heavy atom. The fraction of sp³-hybridized carbons (Fsp3) is 0.125. The summed E-state index contributed by atoms with van der Waals surface area (Å²) in [7, 11) is -8.79. The first-order chi connectivity index (χ1) is 7.73. The summed E-state index contributed by atoms with van der Waals surface area (Å²) in [6, 6.07) is 5.36. The molecule has 0 atom stereocenters. The van der Waals surface area contributed by atoms with Crippen LogP contribution in [0, 0.1) is 0 Å². The Hall–Kier alpha value is -1.45.